The Morgan fingerprint density at radius 1 is 1.40 bits per heavy atom. The molecule has 2 amide bonds. The summed E-state index contributed by atoms with van der Waals surface area (Å²) in [6.45, 7) is 3.05. The van der Waals surface area contributed by atoms with Crippen molar-refractivity contribution in [1.29, 1.82) is 0 Å². The molecule has 0 spiro atoms. The van der Waals surface area contributed by atoms with Crippen molar-refractivity contribution in [3.8, 4) is 0 Å². The van der Waals surface area contributed by atoms with Gasteiger partial charge in [-0.3, -0.25) is 19.3 Å². The number of sulfonamides is 1. The number of ether oxygens (including phenoxy) is 1. The van der Waals surface area contributed by atoms with Crippen LogP contribution in [0.15, 0.2) is 21.7 Å². The highest BCUT2D eigenvalue weighted by Crippen LogP contribution is 2.18. The minimum Gasteiger partial charge on any atom is -0.454 e. The molecule has 138 valence electrons. The highest BCUT2D eigenvalue weighted by Gasteiger charge is 2.32. The summed E-state index contributed by atoms with van der Waals surface area (Å²) in [7, 11) is -3.85. The second-order valence-corrected chi connectivity index (χ2v) is 8.81. The maximum atomic E-state index is 12.3. The highest BCUT2D eigenvalue weighted by atomic mass is 32.2. The molecule has 10 heteroatoms. The second kappa shape index (κ2) is 8.07. The summed E-state index contributed by atoms with van der Waals surface area (Å²) in [5.41, 5.74) is 0. The molecule has 1 atom stereocenters. The molecule has 0 bridgehead atoms. The van der Waals surface area contributed by atoms with Crippen molar-refractivity contribution in [2.24, 2.45) is 5.92 Å². The Hall–Kier alpha value is -1.78. The van der Waals surface area contributed by atoms with Crippen LogP contribution in [0.1, 0.15) is 26.7 Å². The fraction of sp³-hybridized carbons (Fsp3) is 0.533. The van der Waals surface area contributed by atoms with E-state index in [1.807, 2.05) is 0 Å². The Morgan fingerprint density at radius 2 is 2.12 bits per heavy atom. The van der Waals surface area contributed by atoms with Crippen LogP contribution in [0.3, 0.4) is 0 Å². The van der Waals surface area contributed by atoms with Gasteiger partial charge in [0.1, 0.15) is 10.3 Å². The summed E-state index contributed by atoms with van der Waals surface area (Å²) in [6, 6.07) is 1.89. The van der Waals surface area contributed by atoms with Crippen LogP contribution in [0.4, 0.5) is 0 Å². The van der Waals surface area contributed by atoms with Crippen LogP contribution >= 0.6 is 11.3 Å². The monoisotopic (exact) mass is 388 g/mol. The van der Waals surface area contributed by atoms with Crippen LogP contribution < -0.4 is 4.72 Å². The third-order valence-corrected chi connectivity index (χ3v) is 6.51. The van der Waals surface area contributed by atoms with E-state index in [-0.39, 0.29) is 16.0 Å². The first kappa shape index (κ1) is 19.5. The van der Waals surface area contributed by atoms with E-state index in [0.717, 1.165) is 16.2 Å². The summed E-state index contributed by atoms with van der Waals surface area (Å²) in [5.74, 6) is -2.12. The van der Waals surface area contributed by atoms with Crippen LogP contribution in [-0.2, 0) is 29.1 Å². The molecule has 1 N–H and O–H groups in total. The first-order valence-corrected chi connectivity index (χ1v) is 10.1. The van der Waals surface area contributed by atoms with Gasteiger partial charge in [-0.05, 0) is 23.8 Å². The first-order valence-electron chi connectivity index (χ1n) is 7.78. The van der Waals surface area contributed by atoms with Crippen LogP contribution in [-0.4, -0.2) is 50.3 Å². The number of hydrogen-bond acceptors (Lipinski definition) is 7. The number of nitrogens with zero attached hydrogens (tertiary/aromatic N) is 1. The quantitative estimate of drug-likeness (QED) is 0.690. The molecule has 1 aliphatic heterocycles. The molecule has 0 aromatic carbocycles. The molecule has 1 saturated heterocycles. The molecule has 0 unspecified atom stereocenters. The van der Waals surface area contributed by atoms with Gasteiger partial charge < -0.3 is 4.74 Å². The topological polar surface area (TPSA) is 110 Å². The summed E-state index contributed by atoms with van der Waals surface area (Å²) < 4.78 is 31.9. The van der Waals surface area contributed by atoms with Crippen molar-refractivity contribution in [2.75, 3.05) is 13.2 Å². The summed E-state index contributed by atoms with van der Waals surface area (Å²) >= 11 is 1.03. The van der Waals surface area contributed by atoms with Gasteiger partial charge in [-0.2, -0.15) is 4.72 Å². The molecule has 1 aromatic heterocycles. The Bertz CT molecular complexity index is 742. The Labute approximate surface area is 150 Å². The minimum absolute atomic E-state index is 0.0877. The SMILES string of the molecule is CC(C)[C@@H](NS(=O)(=O)c1cccs1)C(=O)OCC(=O)N1CCCC1=O. The van der Waals surface area contributed by atoms with E-state index in [1.165, 1.54) is 6.07 Å². The third kappa shape index (κ3) is 4.86. The molecule has 8 nitrogen and oxygen atoms in total. The van der Waals surface area contributed by atoms with Crippen LogP contribution in [0.5, 0.6) is 0 Å². The maximum Gasteiger partial charge on any atom is 0.324 e. The zero-order chi connectivity index (χ0) is 18.6. The number of esters is 1. The number of nitrogens with one attached hydrogen (secondary N) is 1. The number of carbonyl (C=O) groups excluding carboxylic acids is 3. The number of carbonyl (C=O) groups is 3. The van der Waals surface area contributed by atoms with E-state index in [1.54, 1.807) is 25.3 Å². The van der Waals surface area contributed by atoms with Crippen LogP contribution in [0, 0.1) is 5.92 Å². The van der Waals surface area contributed by atoms with Gasteiger partial charge in [0.25, 0.3) is 15.9 Å². The first-order chi connectivity index (χ1) is 11.7. The van der Waals surface area contributed by atoms with E-state index in [2.05, 4.69) is 4.72 Å². The van der Waals surface area contributed by atoms with E-state index < -0.39 is 34.5 Å². The predicted molar refractivity (Wildman–Crippen MR) is 90.2 cm³/mol. The molecule has 0 radical (unpaired) electrons. The number of hydrogen-bond donors (Lipinski definition) is 1. The Morgan fingerprint density at radius 3 is 2.64 bits per heavy atom. The van der Waals surface area contributed by atoms with Crippen molar-refractivity contribution in [2.45, 2.75) is 36.9 Å². The van der Waals surface area contributed by atoms with Gasteiger partial charge in [0.05, 0.1) is 0 Å². The molecule has 1 fully saturated rings. The highest BCUT2D eigenvalue weighted by molar-refractivity contribution is 7.91. The van der Waals surface area contributed by atoms with Crippen molar-refractivity contribution < 1.29 is 27.5 Å². The Kier molecular flexibility index (Phi) is 6.31. The zero-order valence-electron chi connectivity index (χ0n) is 13.9. The van der Waals surface area contributed by atoms with E-state index in [0.29, 0.717) is 19.4 Å². The van der Waals surface area contributed by atoms with Crippen LogP contribution in [0.25, 0.3) is 0 Å². The number of thiophene rings is 1. The zero-order valence-corrected chi connectivity index (χ0v) is 15.6. The number of rotatable bonds is 7. The molecule has 0 saturated carbocycles. The molecule has 0 aliphatic carbocycles. The molecular weight excluding hydrogens is 368 g/mol. The second-order valence-electron chi connectivity index (χ2n) is 5.93. The van der Waals surface area contributed by atoms with E-state index in [4.69, 9.17) is 4.74 Å². The van der Waals surface area contributed by atoms with E-state index >= 15 is 0 Å². The average Bonchev–Trinajstić information content (AvgIpc) is 3.21. The van der Waals surface area contributed by atoms with Gasteiger partial charge in [0.15, 0.2) is 6.61 Å². The third-order valence-electron chi connectivity index (χ3n) is 3.68. The smallest absolute Gasteiger partial charge is 0.324 e. The number of likely N-dealkylation sites (tertiary alicyclic amines) is 1. The fourth-order valence-corrected chi connectivity index (χ4v) is 4.65. The van der Waals surface area contributed by atoms with Gasteiger partial charge in [-0.1, -0.05) is 19.9 Å². The normalized spacial score (nSPS) is 16.3. The van der Waals surface area contributed by atoms with Crippen molar-refractivity contribution >= 4 is 39.1 Å². The predicted octanol–water partition coefficient (Wildman–Crippen LogP) is 0.743. The fourth-order valence-electron chi connectivity index (χ4n) is 2.31. The molecule has 1 aliphatic rings. The van der Waals surface area contributed by atoms with Gasteiger partial charge in [0.2, 0.25) is 5.91 Å². The number of imide groups is 1. The summed E-state index contributed by atoms with van der Waals surface area (Å²) in [6.07, 6.45) is 0.892. The van der Waals surface area contributed by atoms with Crippen LogP contribution in [0.2, 0.25) is 0 Å². The van der Waals surface area contributed by atoms with Crippen molar-refractivity contribution in [1.82, 2.24) is 9.62 Å². The van der Waals surface area contributed by atoms with Gasteiger partial charge in [0, 0.05) is 13.0 Å². The maximum absolute atomic E-state index is 12.3. The lowest BCUT2D eigenvalue weighted by Crippen LogP contribution is -2.46. The lowest BCUT2D eigenvalue weighted by molar-refractivity contribution is -0.156. The molecule has 25 heavy (non-hydrogen) atoms. The average molecular weight is 388 g/mol. The van der Waals surface area contributed by atoms with Gasteiger partial charge >= 0.3 is 5.97 Å². The number of amides is 2. The molecule has 2 rings (SSSR count). The standard InChI is InChI=1S/C15H20N2O6S2/c1-10(2)14(16-25(21,22)13-6-4-8-24-13)15(20)23-9-12(19)17-7-3-5-11(17)18/h4,6,8,10,14,16H,3,5,7,9H2,1-2H3/t14-/m1/s1. The Balaban J connectivity index is 1.98. The summed E-state index contributed by atoms with van der Waals surface area (Å²) in [5, 5.41) is 1.61. The lowest BCUT2D eigenvalue weighted by Gasteiger charge is -2.21. The molecule has 2 heterocycles. The largest absolute Gasteiger partial charge is 0.454 e. The molecule has 1 aromatic rings. The minimum atomic E-state index is -3.85. The van der Waals surface area contributed by atoms with Crippen molar-refractivity contribution in [3.05, 3.63) is 17.5 Å². The summed E-state index contributed by atoms with van der Waals surface area (Å²) in [4.78, 5) is 36.7. The van der Waals surface area contributed by atoms with E-state index in [9.17, 15) is 22.8 Å². The van der Waals surface area contributed by atoms with Gasteiger partial charge in [-0.15, -0.1) is 11.3 Å². The van der Waals surface area contributed by atoms with Crippen molar-refractivity contribution in [3.63, 3.8) is 0 Å². The molecular formula is C15H20N2O6S2. The van der Waals surface area contributed by atoms with Gasteiger partial charge in [-0.25, -0.2) is 8.42 Å². The lowest BCUT2D eigenvalue weighted by atomic mass is 10.1.